The Morgan fingerprint density at radius 1 is 1.22 bits per heavy atom. The maximum Gasteiger partial charge on any atom is 0.320 e. The Labute approximate surface area is 112 Å². The molecule has 0 spiro atoms. The van der Waals surface area contributed by atoms with E-state index in [1.165, 1.54) is 0 Å². The Balaban J connectivity index is 0. The third-order valence-corrected chi connectivity index (χ3v) is 3.14. The van der Waals surface area contributed by atoms with Crippen LogP contribution < -0.4 is 11.5 Å². The maximum absolute atomic E-state index is 10.2. The molecule has 0 aromatic heterocycles. The summed E-state index contributed by atoms with van der Waals surface area (Å²) in [6.07, 6.45) is 3.29. The monoisotopic (exact) mass is 280 g/mol. The lowest BCUT2D eigenvalue weighted by atomic mass is 10.0. The van der Waals surface area contributed by atoms with Gasteiger partial charge in [-0.15, -0.1) is 0 Å². The summed E-state index contributed by atoms with van der Waals surface area (Å²) in [7, 11) is 0. The molecule has 6 N–H and O–H groups in total. The lowest BCUT2D eigenvalue weighted by Crippen LogP contribution is -2.36. The summed E-state index contributed by atoms with van der Waals surface area (Å²) >= 11 is 1.60. The molecule has 108 valence electrons. The number of nitrogens with two attached hydrogens (primary N) is 2. The minimum Gasteiger partial charge on any atom is -0.480 e. The zero-order valence-corrected chi connectivity index (χ0v) is 11.9. The minimum absolute atomic E-state index is 0.0718. The molecule has 6 nitrogen and oxygen atoms in total. The lowest BCUT2D eigenvalue weighted by molar-refractivity contribution is -0.140. The molecule has 0 aliphatic rings. The minimum atomic E-state index is -0.913. The molecule has 0 rings (SSSR count). The molecule has 0 radical (unpaired) electrons. The predicted octanol–water partition coefficient (Wildman–Crippen LogP) is 0.596. The van der Waals surface area contributed by atoms with E-state index >= 15 is 0 Å². The van der Waals surface area contributed by atoms with Crippen molar-refractivity contribution < 1.29 is 19.8 Å². The van der Waals surface area contributed by atoms with Crippen molar-refractivity contribution in [1.29, 1.82) is 0 Å². The van der Waals surface area contributed by atoms with Crippen molar-refractivity contribution in [1.82, 2.24) is 0 Å². The fourth-order valence-electron chi connectivity index (χ4n) is 0.866. The summed E-state index contributed by atoms with van der Waals surface area (Å²) in [5.41, 5.74) is 10.5. The van der Waals surface area contributed by atoms with Gasteiger partial charge in [-0.05, 0) is 24.3 Å². The van der Waals surface area contributed by atoms with Crippen molar-refractivity contribution >= 4 is 23.7 Å². The zero-order chi connectivity index (χ0) is 14.7. The van der Waals surface area contributed by atoms with Crippen LogP contribution in [0.25, 0.3) is 0 Å². The van der Waals surface area contributed by atoms with Gasteiger partial charge in [0.25, 0.3) is 0 Å². The van der Waals surface area contributed by atoms with Gasteiger partial charge in [0.15, 0.2) is 0 Å². The fraction of sp³-hybridized carbons (Fsp3) is 0.818. The van der Waals surface area contributed by atoms with Gasteiger partial charge >= 0.3 is 11.9 Å². The SMILES string of the molecule is CC[C@H](C)[C@H](N)C(=O)O.CSCC[C@H](N)C(=O)O. The average molecular weight is 280 g/mol. The third kappa shape index (κ3) is 10.4. The maximum atomic E-state index is 10.2. The van der Waals surface area contributed by atoms with Crippen LogP contribution in [0.5, 0.6) is 0 Å². The van der Waals surface area contributed by atoms with E-state index in [9.17, 15) is 9.59 Å². The first kappa shape index (κ1) is 19.5. The fourth-order valence-corrected chi connectivity index (χ4v) is 1.36. The first-order valence-corrected chi connectivity index (χ1v) is 7.12. The van der Waals surface area contributed by atoms with Crippen LogP contribution in [0.1, 0.15) is 26.7 Å². The van der Waals surface area contributed by atoms with Crippen LogP contribution in [0, 0.1) is 5.92 Å². The number of aliphatic carboxylic acids is 2. The van der Waals surface area contributed by atoms with Gasteiger partial charge in [0, 0.05) is 0 Å². The van der Waals surface area contributed by atoms with E-state index in [1.807, 2.05) is 20.1 Å². The van der Waals surface area contributed by atoms with Crippen LogP contribution in [0.4, 0.5) is 0 Å². The van der Waals surface area contributed by atoms with Crippen molar-refractivity contribution in [2.24, 2.45) is 17.4 Å². The molecule has 3 atom stereocenters. The summed E-state index contributed by atoms with van der Waals surface area (Å²) in [6, 6.07) is -1.38. The highest BCUT2D eigenvalue weighted by Crippen LogP contribution is 2.04. The van der Waals surface area contributed by atoms with Gasteiger partial charge in [0.05, 0.1) is 0 Å². The van der Waals surface area contributed by atoms with Crippen LogP contribution in [0.2, 0.25) is 0 Å². The van der Waals surface area contributed by atoms with E-state index in [1.54, 1.807) is 11.8 Å². The van der Waals surface area contributed by atoms with Crippen LogP contribution in [-0.2, 0) is 9.59 Å². The predicted molar refractivity (Wildman–Crippen MR) is 73.7 cm³/mol. The summed E-state index contributed by atoms with van der Waals surface area (Å²) in [4.78, 5) is 20.2. The number of thioether (sulfide) groups is 1. The second kappa shape index (κ2) is 11.3. The van der Waals surface area contributed by atoms with Crippen LogP contribution in [0.3, 0.4) is 0 Å². The van der Waals surface area contributed by atoms with Crippen LogP contribution in [0.15, 0.2) is 0 Å². The van der Waals surface area contributed by atoms with E-state index < -0.39 is 24.0 Å². The molecule has 0 aromatic rings. The van der Waals surface area contributed by atoms with Crippen molar-refractivity contribution in [2.45, 2.75) is 38.8 Å². The Kier molecular flexibility index (Phi) is 12.3. The van der Waals surface area contributed by atoms with Crippen LogP contribution in [-0.4, -0.2) is 46.2 Å². The summed E-state index contributed by atoms with van der Waals surface area (Å²) < 4.78 is 0. The molecular formula is C11H24N2O4S. The van der Waals surface area contributed by atoms with Gasteiger partial charge in [-0.1, -0.05) is 20.3 Å². The normalized spacial score (nSPS) is 14.9. The number of rotatable bonds is 7. The Hall–Kier alpha value is -0.790. The summed E-state index contributed by atoms with van der Waals surface area (Å²) in [6.45, 7) is 3.76. The number of hydrogen-bond acceptors (Lipinski definition) is 5. The topological polar surface area (TPSA) is 127 Å². The highest BCUT2D eigenvalue weighted by atomic mass is 32.2. The van der Waals surface area contributed by atoms with Gasteiger partial charge in [-0.25, -0.2) is 0 Å². The molecule has 0 aromatic carbocycles. The van der Waals surface area contributed by atoms with Gasteiger partial charge < -0.3 is 21.7 Å². The summed E-state index contributed by atoms with van der Waals surface area (Å²) in [5.74, 6) is -0.941. The molecule has 0 bridgehead atoms. The van der Waals surface area contributed by atoms with Crippen molar-refractivity contribution in [3.05, 3.63) is 0 Å². The zero-order valence-electron chi connectivity index (χ0n) is 11.1. The van der Waals surface area contributed by atoms with Crippen LogP contribution >= 0.6 is 11.8 Å². The number of hydrogen-bond donors (Lipinski definition) is 4. The highest BCUT2D eigenvalue weighted by Gasteiger charge is 2.17. The number of carbonyl (C=O) groups is 2. The van der Waals surface area contributed by atoms with Gasteiger partial charge in [-0.2, -0.15) is 11.8 Å². The Bertz CT molecular complexity index is 251. The average Bonchev–Trinajstić information content (AvgIpc) is 2.34. The molecule has 18 heavy (non-hydrogen) atoms. The second-order valence-corrected chi connectivity index (χ2v) is 4.96. The van der Waals surface area contributed by atoms with Gasteiger partial charge in [-0.3, -0.25) is 9.59 Å². The van der Waals surface area contributed by atoms with E-state index in [4.69, 9.17) is 21.7 Å². The molecule has 0 amide bonds. The molecular weight excluding hydrogens is 256 g/mol. The number of carboxylic acid groups (broad SMARTS) is 2. The standard InChI is InChI=1S/C6H13NO2.C5H11NO2S/c1-3-4(2)5(7)6(8)9;1-9-3-2-4(6)5(7)8/h4-5H,3,7H2,1-2H3,(H,8,9);4H,2-3,6H2,1H3,(H,7,8)/t4-,5-;4-/m00/s1. The molecule has 0 saturated heterocycles. The lowest BCUT2D eigenvalue weighted by Gasteiger charge is -2.11. The molecule has 0 heterocycles. The van der Waals surface area contributed by atoms with Gasteiger partial charge in [0.1, 0.15) is 12.1 Å². The summed E-state index contributed by atoms with van der Waals surface area (Å²) in [5, 5.41) is 16.6. The third-order valence-electron chi connectivity index (χ3n) is 2.49. The van der Waals surface area contributed by atoms with Crippen molar-refractivity contribution in [3.63, 3.8) is 0 Å². The molecule has 0 unspecified atom stereocenters. The highest BCUT2D eigenvalue weighted by molar-refractivity contribution is 7.98. The van der Waals surface area contributed by atoms with E-state index in [-0.39, 0.29) is 5.92 Å². The van der Waals surface area contributed by atoms with E-state index in [2.05, 4.69) is 0 Å². The number of carboxylic acids is 2. The van der Waals surface area contributed by atoms with Gasteiger partial charge in [0.2, 0.25) is 0 Å². The van der Waals surface area contributed by atoms with Crippen molar-refractivity contribution in [2.75, 3.05) is 12.0 Å². The molecule has 0 saturated carbocycles. The Morgan fingerprint density at radius 3 is 1.94 bits per heavy atom. The molecule has 0 aliphatic heterocycles. The first-order valence-electron chi connectivity index (χ1n) is 5.73. The van der Waals surface area contributed by atoms with E-state index in [0.717, 1.165) is 12.2 Å². The smallest absolute Gasteiger partial charge is 0.320 e. The quantitative estimate of drug-likeness (QED) is 0.537. The van der Waals surface area contributed by atoms with Crippen molar-refractivity contribution in [3.8, 4) is 0 Å². The first-order chi connectivity index (χ1) is 8.27. The Morgan fingerprint density at radius 2 is 1.72 bits per heavy atom. The molecule has 7 heteroatoms. The molecule has 0 fully saturated rings. The largest absolute Gasteiger partial charge is 0.480 e. The molecule has 0 aliphatic carbocycles. The van der Waals surface area contributed by atoms with E-state index in [0.29, 0.717) is 6.42 Å². The second-order valence-electron chi connectivity index (χ2n) is 3.98.